The first-order valence-corrected chi connectivity index (χ1v) is 7.70. The summed E-state index contributed by atoms with van der Waals surface area (Å²) in [6.07, 6.45) is 2.62. The molecule has 0 aliphatic rings. The van der Waals surface area contributed by atoms with Gasteiger partial charge in [0.05, 0.1) is 23.0 Å². The van der Waals surface area contributed by atoms with Crippen molar-refractivity contribution in [3.63, 3.8) is 0 Å². The van der Waals surface area contributed by atoms with E-state index < -0.39 is 0 Å². The lowest BCUT2D eigenvalue weighted by Crippen LogP contribution is -2.06. The quantitative estimate of drug-likeness (QED) is 0.783. The molecule has 22 heavy (non-hydrogen) atoms. The molecule has 0 aliphatic carbocycles. The molecule has 3 rings (SSSR count). The molecule has 2 heterocycles. The number of nitrogens with two attached hydrogens (primary N) is 1. The third kappa shape index (κ3) is 2.80. The Bertz CT molecular complexity index is 780. The van der Waals surface area contributed by atoms with Crippen LogP contribution in [0.5, 0.6) is 5.75 Å². The fraction of sp³-hybridized carbons (Fsp3) is 0.235. The Kier molecular flexibility index (Phi) is 4.32. The van der Waals surface area contributed by atoms with E-state index in [0.717, 1.165) is 34.8 Å². The molecule has 3 aromatic rings. The monoisotopic (exact) mass is 315 g/mol. The van der Waals surface area contributed by atoms with Crippen LogP contribution in [0.4, 0.5) is 0 Å². The highest BCUT2D eigenvalue weighted by Gasteiger charge is 2.13. The molecule has 4 nitrogen and oxygen atoms in total. The second-order valence-electron chi connectivity index (χ2n) is 4.98. The van der Waals surface area contributed by atoms with Crippen LogP contribution in [-0.2, 0) is 6.42 Å². The van der Waals surface area contributed by atoms with E-state index in [4.69, 9.17) is 27.1 Å². The van der Waals surface area contributed by atoms with Crippen molar-refractivity contribution in [2.45, 2.75) is 13.3 Å². The number of fused-ring (bicyclic) bond motifs is 1. The van der Waals surface area contributed by atoms with Crippen LogP contribution in [0.15, 0.2) is 42.6 Å². The van der Waals surface area contributed by atoms with Gasteiger partial charge in [0.15, 0.2) is 0 Å². The van der Waals surface area contributed by atoms with E-state index in [9.17, 15) is 0 Å². The summed E-state index contributed by atoms with van der Waals surface area (Å²) < 4.78 is 7.50. The average Bonchev–Trinajstić information content (AvgIpc) is 2.87. The maximum Gasteiger partial charge on any atom is 0.137 e. The number of benzene rings is 1. The van der Waals surface area contributed by atoms with Crippen molar-refractivity contribution in [2.75, 3.05) is 13.2 Å². The smallest absolute Gasteiger partial charge is 0.137 e. The highest BCUT2D eigenvalue weighted by Crippen LogP contribution is 2.27. The summed E-state index contributed by atoms with van der Waals surface area (Å²) in [6, 6.07) is 11.7. The first-order valence-electron chi connectivity index (χ1n) is 7.32. The molecule has 0 radical (unpaired) electrons. The lowest BCUT2D eigenvalue weighted by Gasteiger charge is -2.06. The van der Waals surface area contributed by atoms with Gasteiger partial charge in [0.1, 0.15) is 11.4 Å². The minimum absolute atomic E-state index is 0.560. The van der Waals surface area contributed by atoms with Crippen LogP contribution in [0.2, 0.25) is 5.02 Å². The Morgan fingerprint density at radius 3 is 2.64 bits per heavy atom. The molecular weight excluding hydrogens is 298 g/mol. The summed E-state index contributed by atoms with van der Waals surface area (Å²) >= 11 is 6.11. The molecule has 0 saturated carbocycles. The molecule has 0 amide bonds. The minimum atomic E-state index is 0.560. The number of rotatable bonds is 5. The number of hydrogen-bond acceptors (Lipinski definition) is 3. The normalized spacial score (nSPS) is 11.0. The maximum absolute atomic E-state index is 6.11. The number of pyridine rings is 1. The number of halogens is 1. The van der Waals surface area contributed by atoms with Crippen molar-refractivity contribution >= 4 is 17.2 Å². The van der Waals surface area contributed by atoms with Gasteiger partial charge in [-0.1, -0.05) is 11.6 Å². The van der Waals surface area contributed by atoms with E-state index in [1.54, 1.807) is 0 Å². The van der Waals surface area contributed by atoms with Gasteiger partial charge in [0.25, 0.3) is 0 Å². The van der Waals surface area contributed by atoms with E-state index in [0.29, 0.717) is 18.2 Å². The molecule has 0 fully saturated rings. The molecule has 1 aromatic carbocycles. The van der Waals surface area contributed by atoms with Gasteiger partial charge < -0.3 is 14.9 Å². The number of imidazole rings is 1. The summed E-state index contributed by atoms with van der Waals surface area (Å²) in [6.45, 7) is 3.19. The molecule has 5 heteroatoms. The van der Waals surface area contributed by atoms with Crippen molar-refractivity contribution in [1.82, 2.24) is 9.38 Å². The van der Waals surface area contributed by atoms with Crippen molar-refractivity contribution < 1.29 is 4.74 Å². The number of ether oxygens (including phenoxy) is 1. The van der Waals surface area contributed by atoms with Gasteiger partial charge in [-0.2, -0.15) is 0 Å². The second-order valence-corrected chi connectivity index (χ2v) is 5.42. The van der Waals surface area contributed by atoms with Gasteiger partial charge in [-0.3, -0.25) is 0 Å². The first-order chi connectivity index (χ1) is 10.7. The van der Waals surface area contributed by atoms with Crippen LogP contribution in [0.3, 0.4) is 0 Å². The molecule has 114 valence electrons. The van der Waals surface area contributed by atoms with Crippen LogP contribution >= 0.6 is 11.6 Å². The van der Waals surface area contributed by atoms with E-state index >= 15 is 0 Å². The zero-order valence-corrected chi connectivity index (χ0v) is 13.2. The average molecular weight is 316 g/mol. The number of aromatic nitrogens is 2. The van der Waals surface area contributed by atoms with Crippen molar-refractivity contribution in [3.05, 3.63) is 53.3 Å². The van der Waals surface area contributed by atoms with Crippen LogP contribution in [0.25, 0.3) is 16.9 Å². The van der Waals surface area contributed by atoms with Gasteiger partial charge in [-0.25, -0.2) is 4.98 Å². The van der Waals surface area contributed by atoms with Gasteiger partial charge in [0, 0.05) is 18.2 Å². The van der Waals surface area contributed by atoms with Crippen molar-refractivity contribution in [2.24, 2.45) is 5.73 Å². The van der Waals surface area contributed by atoms with Crippen LogP contribution < -0.4 is 10.5 Å². The molecule has 0 atom stereocenters. The lowest BCUT2D eigenvalue weighted by molar-refractivity contribution is 0.340. The van der Waals surface area contributed by atoms with E-state index in [-0.39, 0.29) is 0 Å². The zero-order valence-electron chi connectivity index (χ0n) is 12.4. The molecule has 0 aliphatic heterocycles. The minimum Gasteiger partial charge on any atom is -0.494 e. The van der Waals surface area contributed by atoms with Crippen LogP contribution in [0, 0.1) is 0 Å². The van der Waals surface area contributed by atoms with E-state index in [1.165, 1.54) is 0 Å². The topological polar surface area (TPSA) is 52.5 Å². The third-order valence-electron chi connectivity index (χ3n) is 3.50. The van der Waals surface area contributed by atoms with Crippen molar-refractivity contribution in [1.29, 1.82) is 0 Å². The zero-order chi connectivity index (χ0) is 15.5. The Balaban J connectivity index is 2.10. The van der Waals surface area contributed by atoms with Crippen molar-refractivity contribution in [3.8, 4) is 17.0 Å². The summed E-state index contributed by atoms with van der Waals surface area (Å²) in [5, 5.41) is 0.682. The fourth-order valence-corrected chi connectivity index (χ4v) is 2.71. The Morgan fingerprint density at radius 1 is 1.18 bits per heavy atom. The number of nitrogens with zero attached hydrogens (tertiary/aromatic N) is 2. The van der Waals surface area contributed by atoms with Gasteiger partial charge in [-0.15, -0.1) is 0 Å². The van der Waals surface area contributed by atoms with Crippen LogP contribution in [0.1, 0.15) is 12.6 Å². The second kappa shape index (κ2) is 6.38. The summed E-state index contributed by atoms with van der Waals surface area (Å²) in [4.78, 5) is 4.73. The first kappa shape index (κ1) is 14.9. The molecule has 0 spiro atoms. The largest absolute Gasteiger partial charge is 0.494 e. The summed E-state index contributed by atoms with van der Waals surface area (Å²) in [5.41, 5.74) is 9.70. The number of hydrogen-bond donors (Lipinski definition) is 1. The molecule has 2 N–H and O–H groups in total. The molecule has 0 unspecified atom stereocenters. The Morgan fingerprint density at radius 2 is 1.95 bits per heavy atom. The van der Waals surface area contributed by atoms with Gasteiger partial charge >= 0.3 is 0 Å². The predicted octanol–water partition coefficient (Wildman–Crippen LogP) is 3.55. The fourth-order valence-electron chi connectivity index (χ4n) is 2.55. The highest BCUT2D eigenvalue weighted by molar-refractivity contribution is 6.30. The molecular formula is C17H18ClN3O. The molecule has 2 aromatic heterocycles. The Labute approximate surface area is 134 Å². The molecule has 0 saturated heterocycles. The SMILES string of the molecule is CCOc1ccc(-c2nc3ccc(Cl)cn3c2CCN)cc1. The van der Waals surface area contributed by atoms with Gasteiger partial charge in [0.2, 0.25) is 0 Å². The summed E-state index contributed by atoms with van der Waals surface area (Å²) in [5.74, 6) is 0.860. The van der Waals surface area contributed by atoms with Gasteiger partial charge in [-0.05, 0) is 49.9 Å². The maximum atomic E-state index is 6.11. The lowest BCUT2D eigenvalue weighted by atomic mass is 10.1. The Hall–Kier alpha value is -2.04. The summed E-state index contributed by atoms with van der Waals surface area (Å²) in [7, 11) is 0. The highest BCUT2D eigenvalue weighted by atomic mass is 35.5. The third-order valence-corrected chi connectivity index (χ3v) is 3.72. The predicted molar refractivity (Wildman–Crippen MR) is 89.6 cm³/mol. The molecule has 0 bridgehead atoms. The van der Waals surface area contributed by atoms with E-state index in [2.05, 4.69) is 0 Å². The van der Waals surface area contributed by atoms with E-state index in [1.807, 2.05) is 53.9 Å². The standard InChI is InChI=1S/C17H18ClN3O/c1-2-22-14-6-3-12(4-7-14)17-15(9-10-19)21-11-13(18)5-8-16(21)20-17/h3-8,11H,2,9-10,19H2,1H3. The van der Waals surface area contributed by atoms with Crippen LogP contribution in [-0.4, -0.2) is 22.5 Å².